The first kappa shape index (κ1) is 16.1. The van der Waals surface area contributed by atoms with Gasteiger partial charge in [-0.05, 0) is 57.2 Å². The fraction of sp³-hybridized carbons (Fsp3) is 0.556. The van der Waals surface area contributed by atoms with Crippen LogP contribution < -0.4 is 15.8 Å². The first-order chi connectivity index (χ1) is 10.2. The third-order valence-electron chi connectivity index (χ3n) is 4.36. The van der Waals surface area contributed by atoms with Crippen molar-refractivity contribution in [1.29, 1.82) is 0 Å². The number of hydrogen-bond donors (Lipinski definition) is 2. The Kier molecular flexibility index (Phi) is 5.83. The number of nitrogens with two attached hydrogens (primary N) is 1. The van der Waals surface area contributed by atoms with Gasteiger partial charge < -0.3 is 15.8 Å². The van der Waals surface area contributed by atoms with E-state index in [-0.39, 0.29) is 5.54 Å². The minimum absolute atomic E-state index is 0.0895. The second kappa shape index (κ2) is 7.62. The highest BCUT2D eigenvalue weighted by atomic mass is 16.5. The molecule has 0 aliphatic heterocycles. The van der Waals surface area contributed by atoms with Crippen molar-refractivity contribution in [3.63, 3.8) is 0 Å². The lowest BCUT2D eigenvalue weighted by Crippen LogP contribution is -2.50. The molecule has 0 bridgehead atoms. The van der Waals surface area contributed by atoms with Gasteiger partial charge in [0.2, 0.25) is 0 Å². The second-order valence-corrected chi connectivity index (χ2v) is 6.18. The Morgan fingerprint density at radius 3 is 2.81 bits per heavy atom. The van der Waals surface area contributed by atoms with Gasteiger partial charge >= 0.3 is 0 Å². The van der Waals surface area contributed by atoms with Crippen LogP contribution in [-0.4, -0.2) is 25.7 Å². The second-order valence-electron chi connectivity index (χ2n) is 6.18. The van der Waals surface area contributed by atoms with Crippen LogP contribution in [0.3, 0.4) is 0 Å². The minimum atomic E-state index is -0.0895. The third-order valence-corrected chi connectivity index (χ3v) is 4.36. The molecule has 116 valence electrons. The average Bonchev–Trinajstić information content (AvgIpc) is 3.01. The van der Waals surface area contributed by atoms with Crippen molar-refractivity contribution in [2.24, 2.45) is 5.73 Å². The zero-order valence-corrected chi connectivity index (χ0v) is 13.3. The summed E-state index contributed by atoms with van der Waals surface area (Å²) in [6.07, 6.45) is 8.26. The molecule has 3 nitrogen and oxygen atoms in total. The maximum atomic E-state index is 6.02. The Balaban J connectivity index is 1.93. The van der Waals surface area contributed by atoms with Gasteiger partial charge in [-0.3, -0.25) is 0 Å². The van der Waals surface area contributed by atoms with E-state index >= 15 is 0 Å². The fourth-order valence-corrected chi connectivity index (χ4v) is 2.97. The molecule has 21 heavy (non-hydrogen) atoms. The number of benzene rings is 1. The average molecular weight is 288 g/mol. The molecule has 0 amide bonds. The molecule has 1 aliphatic rings. The Morgan fingerprint density at radius 1 is 1.33 bits per heavy atom. The Labute approximate surface area is 128 Å². The van der Waals surface area contributed by atoms with Gasteiger partial charge in [0, 0.05) is 12.1 Å². The Hall–Kier alpha value is -1.32. The highest BCUT2D eigenvalue weighted by molar-refractivity contribution is 5.34. The molecule has 0 spiro atoms. The predicted molar refractivity (Wildman–Crippen MR) is 88.7 cm³/mol. The topological polar surface area (TPSA) is 47.3 Å². The molecule has 0 fully saturated rings. The number of ether oxygens (including phenoxy) is 1. The summed E-state index contributed by atoms with van der Waals surface area (Å²) in [7, 11) is 1.72. The van der Waals surface area contributed by atoms with Crippen LogP contribution in [0.4, 0.5) is 0 Å². The summed E-state index contributed by atoms with van der Waals surface area (Å²) in [6.45, 7) is 3.81. The first-order valence-corrected chi connectivity index (χ1v) is 7.92. The van der Waals surface area contributed by atoms with Crippen LogP contribution in [0.1, 0.15) is 38.2 Å². The van der Waals surface area contributed by atoms with E-state index in [1.165, 1.54) is 24.8 Å². The van der Waals surface area contributed by atoms with Crippen molar-refractivity contribution >= 4 is 0 Å². The van der Waals surface area contributed by atoms with E-state index in [0.29, 0.717) is 6.54 Å². The smallest absolute Gasteiger partial charge is 0.122 e. The molecule has 0 saturated carbocycles. The van der Waals surface area contributed by atoms with Gasteiger partial charge in [-0.2, -0.15) is 0 Å². The summed E-state index contributed by atoms with van der Waals surface area (Å²) < 4.78 is 5.44. The largest absolute Gasteiger partial charge is 0.496 e. The number of para-hydroxylation sites is 1. The zero-order chi connectivity index (χ0) is 15.1. The fourth-order valence-electron chi connectivity index (χ4n) is 2.97. The first-order valence-electron chi connectivity index (χ1n) is 7.92. The number of hydrogen-bond acceptors (Lipinski definition) is 3. The van der Waals surface area contributed by atoms with Gasteiger partial charge in [0.15, 0.2) is 0 Å². The van der Waals surface area contributed by atoms with E-state index in [2.05, 4.69) is 30.4 Å². The molecule has 1 aromatic carbocycles. The molecule has 0 heterocycles. The predicted octanol–water partition coefficient (Wildman–Crippen LogP) is 3.05. The van der Waals surface area contributed by atoms with Crippen LogP contribution in [0.5, 0.6) is 5.75 Å². The van der Waals surface area contributed by atoms with Gasteiger partial charge in [0.1, 0.15) is 5.75 Å². The van der Waals surface area contributed by atoms with Crippen molar-refractivity contribution in [2.45, 2.75) is 44.6 Å². The summed E-state index contributed by atoms with van der Waals surface area (Å²) >= 11 is 0. The van der Waals surface area contributed by atoms with E-state index in [1.807, 2.05) is 12.1 Å². The normalized spacial score (nSPS) is 17.4. The van der Waals surface area contributed by atoms with Gasteiger partial charge in [-0.15, -0.1) is 0 Å². The Bertz CT molecular complexity index is 484. The standard InChI is InChI=1S/C18H28N2O/c1-18(14-19,20-12-11-15-7-3-4-8-15)13-16-9-5-6-10-17(16)21-2/h5-7,9-10,20H,3-4,8,11-14,19H2,1-2H3. The molecule has 1 aliphatic carbocycles. The molecule has 0 radical (unpaired) electrons. The summed E-state index contributed by atoms with van der Waals surface area (Å²) in [4.78, 5) is 0. The van der Waals surface area contributed by atoms with Crippen molar-refractivity contribution in [3.05, 3.63) is 41.5 Å². The molecule has 0 aromatic heterocycles. The summed E-state index contributed by atoms with van der Waals surface area (Å²) in [5, 5.41) is 3.65. The van der Waals surface area contributed by atoms with Gasteiger partial charge in [-0.1, -0.05) is 29.8 Å². The molecule has 3 N–H and O–H groups in total. The van der Waals surface area contributed by atoms with Gasteiger partial charge in [0.25, 0.3) is 0 Å². The van der Waals surface area contributed by atoms with Crippen LogP contribution in [0.15, 0.2) is 35.9 Å². The van der Waals surface area contributed by atoms with E-state index in [0.717, 1.165) is 25.1 Å². The van der Waals surface area contributed by atoms with Crippen LogP contribution in [0.2, 0.25) is 0 Å². The molecule has 0 saturated heterocycles. The van der Waals surface area contributed by atoms with Gasteiger partial charge in [-0.25, -0.2) is 0 Å². The SMILES string of the molecule is COc1ccccc1CC(C)(CN)NCCC1=CCCC1. The molecule has 1 atom stereocenters. The Morgan fingerprint density at radius 2 is 2.14 bits per heavy atom. The maximum absolute atomic E-state index is 6.02. The monoisotopic (exact) mass is 288 g/mol. The van der Waals surface area contributed by atoms with E-state index in [4.69, 9.17) is 10.5 Å². The summed E-state index contributed by atoms with van der Waals surface area (Å²) in [6, 6.07) is 8.18. The van der Waals surface area contributed by atoms with E-state index in [1.54, 1.807) is 12.7 Å². The molecule has 1 aromatic rings. The zero-order valence-electron chi connectivity index (χ0n) is 13.3. The number of rotatable bonds is 8. The molecule has 3 heteroatoms. The summed E-state index contributed by atoms with van der Waals surface area (Å²) in [5.41, 5.74) is 8.74. The van der Waals surface area contributed by atoms with Crippen LogP contribution in [0, 0.1) is 0 Å². The highest BCUT2D eigenvalue weighted by Gasteiger charge is 2.23. The lowest BCUT2D eigenvalue weighted by atomic mass is 9.92. The molecular weight excluding hydrogens is 260 g/mol. The van der Waals surface area contributed by atoms with Crippen molar-refractivity contribution in [3.8, 4) is 5.75 Å². The number of nitrogens with one attached hydrogen (secondary N) is 1. The number of methoxy groups -OCH3 is 1. The molecule has 2 rings (SSSR count). The van der Waals surface area contributed by atoms with Crippen molar-refractivity contribution in [2.75, 3.05) is 20.2 Å². The van der Waals surface area contributed by atoms with Crippen LogP contribution in [0.25, 0.3) is 0 Å². The van der Waals surface area contributed by atoms with Crippen LogP contribution >= 0.6 is 0 Å². The van der Waals surface area contributed by atoms with Crippen molar-refractivity contribution in [1.82, 2.24) is 5.32 Å². The number of allylic oxidation sites excluding steroid dienone is 1. The van der Waals surface area contributed by atoms with Crippen molar-refractivity contribution < 1.29 is 4.74 Å². The van der Waals surface area contributed by atoms with Crippen LogP contribution in [-0.2, 0) is 6.42 Å². The third kappa shape index (κ3) is 4.58. The maximum Gasteiger partial charge on any atom is 0.122 e. The minimum Gasteiger partial charge on any atom is -0.496 e. The quantitative estimate of drug-likeness (QED) is 0.723. The van der Waals surface area contributed by atoms with E-state index < -0.39 is 0 Å². The van der Waals surface area contributed by atoms with E-state index in [9.17, 15) is 0 Å². The lowest BCUT2D eigenvalue weighted by Gasteiger charge is -2.30. The lowest BCUT2D eigenvalue weighted by molar-refractivity contribution is 0.352. The molecular formula is C18H28N2O. The molecule has 1 unspecified atom stereocenters. The van der Waals surface area contributed by atoms with Gasteiger partial charge in [0.05, 0.1) is 7.11 Å². The summed E-state index contributed by atoms with van der Waals surface area (Å²) in [5.74, 6) is 0.942. The highest BCUT2D eigenvalue weighted by Crippen LogP contribution is 2.23.